The first-order valence-electron chi connectivity index (χ1n) is 7.34. The summed E-state index contributed by atoms with van der Waals surface area (Å²) in [5.74, 6) is 0. The summed E-state index contributed by atoms with van der Waals surface area (Å²) in [4.78, 5) is 7.29. The molecule has 0 spiro atoms. The molecule has 1 unspecified atom stereocenters. The predicted molar refractivity (Wildman–Crippen MR) is 83.9 cm³/mol. The molecular weight excluding hydrogens is 246 g/mol. The summed E-state index contributed by atoms with van der Waals surface area (Å²) in [6.07, 6.45) is 1.02. The van der Waals surface area contributed by atoms with Gasteiger partial charge in [-0.1, -0.05) is 6.07 Å². The van der Waals surface area contributed by atoms with Gasteiger partial charge in [0.1, 0.15) is 0 Å². The highest BCUT2D eigenvalue weighted by atomic mass is 15.1. The maximum atomic E-state index is 6.31. The second kappa shape index (κ2) is 4.83. The molecule has 1 aromatic heterocycles. The molecule has 0 saturated heterocycles. The Hall–Kier alpha value is -1.45. The molecular formula is C17H23N3. The fourth-order valence-electron chi connectivity index (χ4n) is 3.43. The number of pyridine rings is 1. The number of aromatic nitrogens is 1. The first-order valence-corrected chi connectivity index (χ1v) is 7.34. The molecule has 0 radical (unpaired) electrons. The topological polar surface area (TPSA) is 42.1 Å². The van der Waals surface area contributed by atoms with Crippen molar-refractivity contribution in [3.8, 4) is 0 Å². The van der Waals surface area contributed by atoms with Crippen LogP contribution in [-0.2, 0) is 13.0 Å². The Morgan fingerprint density at radius 3 is 2.75 bits per heavy atom. The molecule has 0 saturated carbocycles. The monoisotopic (exact) mass is 269 g/mol. The first-order chi connectivity index (χ1) is 9.47. The Morgan fingerprint density at radius 2 is 2.05 bits per heavy atom. The summed E-state index contributed by atoms with van der Waals surface area (Å²) < 4.78 is 0. The molecule has 0 fully saturated rings. The summed E-state index contributed by atoms with van der Waals surface area (Å²) in [5.41, 5.74) is 13.9. The standard InChI is InChI=1S/C17H23N3/c1-10-7-11(2)16-15(8-10)19-14-5-6-20(4)9-13(14)17(16)12(3)18/h7-8,12H,5-6,9,18H2,1-4H3. The maximum absolute atomic E-state index is 6.31. The zero-order valence-corrected chi connectivity index (χ0v) is 12.8. The Morgan fingerprint density at radius 1 is 1.30 bits per heavy atom. The van der Waals surface area contributed by atoms with E-state index in [1.165, 1.54) is 33.3 Å². The van der Waals surface area contributed by atoms with E-state index in [1.54, 1.807) is 0 Å². The van der Waals surface area contributed by atoms with Crippen molar-refractivity contribution in [1.29, 1.82) is 0 Å². The number of fused-ring (bicyclic) bond motifs is 2. The van der Waals surface area contributed by atoms with Crippen LogP contribution in [0.2, 0.25) is 0 Å². The molecule has 3 heteroatoms. The van der Waals surface area contributed by atoms with E-state index in [4.69, 9.17) is 10.7 Å². The van der Waals surface area contributed by atoms with Crippen LogP contribution in [0.4, 0.5) is 0 Å². The average molecular weight is 269 g/mol. The molecule has 3 rings (SSSR count). The number of rotatable bonds is 1. The Balaban J connectivity index is 2.39. The molecule has 20 heavy (non-hydrogen) atoms. The number of aryl methyl sites for hydroxylation is 2. The van der Waals surface area contributed by atoms with Crippen LogP contribution in [0.3, 0.4) is 0 Å². The van der Waals surface area contributed by atoms with Gasteiger partial charge in [0.15, 0.2) is 0 Å². The van der Waals surface area contributed by atoms with Crippen molar-refractivity contribution >= 4 is 10.9 Å². The van der Waals surface area contributed by atoms with E-state index in [2.05, 4.69) is 44.9 Å². The van der Waals surface area contributed by atoms with Gasteiger partial charge in [0.25, 0.3) is 0 Å². The highest BCUT2D eigenvalue weighted by Gasteiger charge is 2.23. The van der Waals surface area contributed by atoms with Gasteiger partial charge >= 0.3 is 0 Å². The van der Waals surface area contributed by atoms with Gasteiger partial charge in [-0.05, 0) is 56.1 Å². The van der Waals surface area contributed by atoms with Crippen molar-refractivity contribution in [2.24, 2.45) is 5.73 Å². The fraction of sp³-hybridized carbons (Fsp3) is 0.471. The van der Waals surface area contributed by atoms with E-state index in [0.717, 1.165) is 25.0 Å². The molecule has 1 aliphatic heterocycles. The molecule has 3 nitrogen and oxygen atoms in total. The van der Waals surface area contributed by atoms with Crippen molar-refractivity contribution in [2.45, 2.75) is 39.8 Å². The normalized spacial score (nSPS) is 17.2. The lowest BCUT2D eigenvalue weighted by molar-refractivity contribution is 0.308. The van der Waals surface area contributed by atoms with E-state index >= 15 is 0 Å². The fourth-order valence-corrected chi connectivity index (χ4v) is 3.43. The van der Waals surface area contributed by atoms with Gasteiger partial charge < -0.3 is 10.6 Å². The van der Waals surface area contributed by atoms with Gasteiger partial charge in [0, 0.05) is 36.6 Å². The SMILES string of the molecule is Cc1cc(C)c2c(C(C)N)c3c(nc2c1)CCN(C)C3. The molecule has 1 aromatic carbocycles. The summed E-state index contributed by atoms with van der Waals surface area (Å²) in [6, 6.07) is 4.46. The van der Waals surface area contributed by atoms with E-state index in [1.807, 2.05) is 0 Å². The first kappa shape index (κ1) is 13.5. The zero-order valence-electron chi connectivity index (χ0n) is 12.8. The van der Waals surface area contributed by atoms with Crippen LogP contribution in [0.1, 0.15) is 40.9 Å². The Kier molecular flexibility index (Phi) is 3.27. The van der Waals surface area contributed by atoms with Gasteiger partial charge in [-0.25, -0.2) is 0 Å². The van der Waals surface area contributed by atoms with Gasteiger partial charge in [-0.15, -0.1) is 0 Å². The van der Waals surface area contributed by atoms with Crippen LogP contribution in [0, 0.1) is 13.8 Å². The molecule has 1 atom stereocenters. The lowest BCUT2D eigenvalue weighted by Crippen LogP contribution is -2.29. The second-order valence-electron chi connectivity index (χ2n) is 6.20. The predicted octanol–water partition coefficient (Wildman–Crippen LogP) is 2.86. The highest BCUT2D eigenvalue weighted by Crippen LogP contribution is 2.33. The van der Waals surface area contributed by atoms with Crippen LogP contribution in [-0.4, -0.2) is 23.5 Å². The lowest BCUT2D eigenvalue weighted by Gasteiger charge is -2.29. The molecule has 2 heterocycles. The van der Waals surface area contributed by atoms with Crippen LogP contribution in [0.15, 0.2) is 12.1 Å². The number of hydrogen-bond acceptors (Lipinski definition) is 3. The van der Waals surface area contributed by atoms with Crippen LogP contribution >= 0.6 is 0 Å². The van der Waals surface area contributed by atoms with Gasteiger partial charge in [-0.2, -0.15) is 0 Å². The van der Waals surface area contributed by atoms with Crippen LogP contribution < -0.4 is 5.73 Å². The molecule has 0 aliphatic carbocycles. The van der Waals surface area contributed by atoms with Crippen molar-refractivity contribution in [3.63, 3.8) is 0 Å². The van der Waals surface area contributed by atoms with Crippen LogP contribution in [0.25, 0.3) is 10.9 Å². The summed E-state index contributed by atoms with van der Waals surface area (Å²) in [5, 5.41) is 1.26. The molecule has 106 valence electrons. The number of benzene rings is 1. The average Bonchev–Trinajstić information content (AvgIpc) is 2.36. The van der Waals surface area contributed by atoms with E-state index in [0.29, 0.717) is 0 Å². The minimum atomic E-state index is 0.0437. The molecule has 2 N–H and O–H groups in total. The van der Waals surface area contributed by atoms with Gasteiger partial charge in [0.2, 0.25) is 0 Å². The second-order valence-corrected chi connectivity index (χ2v) is 6.20. The van der Waals surface area contributed by atoms with Gasteiger partial charge in [0.05, 0.1) is 5.52 Å². The van der Waals surface area contributed by atoms with Crippen LogP contribution in [0.5, 0.6) is 0 Å². The third-order valence-corrected chi connectivity index (χ3v) is 4.27. The van der Waals surface area contributed by atoms with E-state index in [-0.39, 0.29) is 6.04 Å². The smallest absolute Gasteiger partial charge is 0.0714 e. The Bertz CT molecular complexity index is 674. The molecule has 1 aliphatic rings. The number of nitrogens with two attached hydrogens (primary N) is 1. The number of hydrogen-bond donors (Lipinski definition) is 1. The zero-order chi connectivity index (χ0) is 14.4. The Labute approximate surface area is 120 Å². The van der Waals surface area contributed by atoms with E-state index in [9.17, 15) is 0 Å². The molecule has 2 aromatic rings. The third-order valence-electron chi connectivity index (χ3n) is 4.27. The number of nitrogens with zero attached hydrogens (tertiary/aromatic N) is 2. The molecule has 0 amide bonds. The summed E-state index contributed by atoms with van der Waals surface area (Å²) in [6.45, 7) is 8.43. The summed E-state index contributed by atoms with van der Waals surface area (Å²) >= 11 is 0. The highest BCUT2D eigenvalue weighted by molar-refractivity contribution is 5.88. The van der Waals surface area contributed by atoms with Crippen molar-refractivity contribution in [3.05, 3.63) is 40.1 Å². The van der Waals surface area contributed by atoms with Crippen molar-refractivity contribution in [2.75, 3.05) is 13.6 Å². The maximum Gasteiger partial charge on any atom is 0.0714 e. The number of likely N-dealkylation sites (N-methyl/N-ethyl adjacent to an activating group) is 1. The summed E-state index contributed by atoms with van der Waals surface area (Å²) in [7, 11) is 2.17. The van der Waals surface area contributed by atoms with Gasteiger partial charge in [-0.3, -0.25) is 4.98 Å². The third kappa shape index (κ3) is 2.11. The van der Waals surface area contributed by atoms with Crippen molar-refractivity contribution < 1.29 is 0 Å². The largest absolute Gasteiger partial charge is 0.324 e. The minimum Gasteiger partial charge on any atom is -0.324 e. The quantitative estimate of drug-likeness (QED) is 0.865. The van der Waals surface area contributed by atoms with E-state index < -0.39 is 0 Å². The minimum absolute atomic E-state index is 0.0437. The lowest BCUT2D eigenvalue weighted by atomic mass is 9.90. The van der Waals surface area contributed by atoms with Crippen molar-refractivity contribution in [1.82, 2.24) is 9.88 Å². The molecule has 0 bridgehead atoms.